The Kier molecular flexibility index (Phi) is 5.06. The first-order valence-corrected chi connectivity index (χ1v) is 9.18. The van der Waals surface area contributed by atoms with Gasteiger partial charge >= 0.3 is 0 Å². The minimum atomic E-state index is -0.224. The Balaban J connectivity index is 1.33. The van der Waals surface area contributed by atoms with E-state index in [1.165, 1.54) is 0 Å². The Bertz CT molecular complexity index is 998. The van der Waals surface area contributed by atoms with Crippen molar-refractivity contribution in [3.63, 3.8) is 0 Å². The molecule has 0 aliphatic carbocycles. The van der Waals surface area contributed by atoms with E-state index in [0.717, 1.165) is 28.1 Å². The molecule has 0 fully saturated rings. The second kappa shape index (κ2) is 7.96. The lowest BCUT2D eigenvalue weighted by molar-refractivity contribution is -0.118. The summed E-state index contributed by atoms with van der Waals surface area (Å²) < 4.78 is 5.60. The van der Waals surface area contributed by atoms with Crippen LogP contribution in [0, 0.1) is 0 Å². The first-order chi connectivity index (χ1) is 13.7. The molecular formula is C23H20N2O3. The van der Waals surface area contributed by atoms with Gasteiger partial charge in [-0.3, -0.25) is 9.59 Å². The van der Waals surface area contributed by atoms with Crippen LogP contribution in [0.1, 0.15) is 12.0 Å². The van der Waals surface area contributed by atoms with E-state index in [0.29, 0.717) is 18.6 Å². The van der Waals surface area contributed by atoms with Gasteiger partial charge in [0.2, 0.25) is 5.91 Å². The summed E-state index contributed by atoms with van der Waals surface area (Å²) in [4.78, 5) is 23.6. The summed E-state index contributed by atoms with van der Waals surface area (Å²) in [6, 6.07) is 23.2. The predicted octanol–water partition coefficient (Wildman–Crippen LogP) is 4.26. The van der Waals surface area contributed by atoms with Gasteiger partial charge in [-0.15, -0.1) is 0 Å². The van der Waals surface area contributed by atoms with E-state index in [1.807, 2.05) is 66.7 Å². The van der Waals surface area contributed by atoms with Crippen LogP contribution in [0.4, 0.5) is 11.4 Å². The minimum absolute atomic E-state index is 0.0267. The molecule has 0 atom stereocenters. The Morgan fingerprint density at radius 3 is 2.46 bits per heavy atom. The fraction of sp³-hybridized carbons (Fsp3) is 0.130. The lowest BCUT2D eigenvalue weighted by Crippen LogP contribution is -2.21. The fourth-order valence-electron chi connectivity index (χ4n) is 3.17. The topological polar surface area (TPSA) is 67.4 Å². The zero-order valence-corrected chi connectivity index (χ0v) is 15.3. The second-order valence-electron chi connectivity index (χ2n) is 6.65. The monoisotopic (exact) mass is 372 g/mol. The SMILES string of the molecule is O=C(COc1ccc2c(c1)CCC(=O)N2)Nc1ccc(-c2ccccc2)cc1. The molecule has 0 spiro atoms. The molecule has 2 N–H and O–H groups in total. The first-order valence-electron chi connectivity index (χ1n) is 9.18. The van der Waals surface area contributed by atoms with E-state index >= 15 is 0 Å². The summed E-state index contributed by atoms with van der Waals surface area (Å²) in [5, 5.41) is 5.67. The molecule has 0 radical (unpaired) electrons. The highest BCUT2D eigenvalue weighted by atomic mass is 16.5. The number of fused-ring (bicyclic) bond motifs is 1. The number of amides is 2. The van der Waals surface area contributed by atoms with Crippen molar-refractivity contribution in [2.24, 2.45) is 0 Å². The van der Waals surface area contributed by atoms with Gasteiger partial charge in [-0.25, -0.2) is 0 Å². The quantitative estimate of drug-likeness (QED) is 0.703. The molecule has 0 unspecified atom stereocenters. The maximum absolute atomic E-state index is 12.2. The Hall–Kier alpha value is -3.60. The normalized spacial score (nSPS) is 12.6. The molecule has 0 saturated heterocycles. The van der Waals surface area contributed by atoms with Crippen LogP contribution in [0.2, 0.25) is 0 Å². The van der Waals surface area contributed by atoms with Gasteiger partial charge in [0.15, 0.2) is 6.61 Å². The largest absolute Gasteiger partial charge is 0.484 e. The molecule has 5 heteroatoms. The fourth-order valence-corrected chi connectivity index (χ4v) is 3.17. The van der Waals surface area contributed by atoms with Crippen molar-refractivity contribution < 1.29 is 14.3 Å². The third kappa shape index (κ3) is 4.20. The molecule has 3 aromatic rings. The highest BCUT2D eigenvalue weighted by Crippen LogP contribution is 2.27. The molecule has 0 aromatic heterocycles. The van der Waals surface area contributed by atoms with Crippen molar-refractivity contribution >= 4 is 23.2 Å². The van der Waals surface area contributed by atoms with E-state index < -0.39 is 0 Å². The molecule has 1 aliphatic heterocycles. The van der Waals surface area contributed by atoms with E-state index in [4.69, 9.17) is 4.74 Å². The molecule has 3 aromatic carbocycles. The molecule has 2 amide bonds. The van der Waals surface area contributed by atoms with Crippen molar-refractivity contribution in [1.82, 2.24) is 0 Å². The van der Waals surface area contributed by atoms with Gasteiger partial charge in [0.25, 0.3) is 5.91 Å². The summed E-state index contributed by atoms with van der Waals surface area (Å²) in [6.07, 6.45) is 1.15. The lowest BCUT2D eigenvalue weighted by Gasteiger charge is -2.17. The van der Waals surface area contributed by atoms with E-state index in [2.05, 4.69) is 10.6 Å². The third-order valence-corrected chi connectivity index (χ3v) is 4.62. The molecule has 5 nitrogen and oxygen atoms in total. The number of aryl methyl sites for hydroxylation is 1. The summed E-state index contributed by atoms with van der Waals surface area (Å²) >= 11 is 0. The molecular weight excluding hydrogens is 352 g/mol. The zero-order valence-electron chi connectivity index (χ0n) is 15.3. The zero-order chi connectivity index (χ0) is 19.3. The average molecular weight is 372 g/mol. The number of anilines is 2. The van der Waals surface area contributed by atoms with Gasteiger partial charge in [-0.2, -0.15) is 0 Å². The lowest BCUT2D eigenvalue weighted by atomic mass is 10.0. The Labute approximate surface area is 163 Å². The highest BCUT2D eigenvalue weighted by molar-refractivity contribution is 5.94. The number of carbonyl (C=O) groups is 2. The number of benzene rings is 3. The van der Waals surface area contributed by atoms with Crippen LogP contribution in [-0.2, 0) is 16.0 Å². The van der Waals surface area contributed by atoms with E-state index in [1.54, 1.807) is 6.07 Å². The van der Waals surface area contributed by atoms with Crippen LogP contribution in [0.5, 0.6) is 5.75 Å². The van der Waals surface area contributed by atoms with Crippen LogP contribution < -0.4 is 15.4 Å². The summed E-state index contributed by atoms with van der Waals surface area (Å²) in [5.41, 5.74) is 4.78. The van der Waals surface area contributed by atoms with Gasteiger partial charge in [-0.1, -0.05) is 42.5 Å². The summed E-state index contributed by atoms with van der Waals surface area (Å²) in [6.45, 7) is -0.0778. The van der Waals surface area contributed by atoms with Crippen molar-refractivity contribution in [2.75, 3.05) is 17.2 Å². The molecule has 1 heterocycles. The average Bonchev–Trinajstić information content (AvgIpc) is 2.73. The Morgan fingerprint density at radius 2 is 1.68 bits per heavy atom. The minimum Gasteiger partial charge on any atom is -0.484 e. The van der Waals surface area contributed by atoms with E-state index in [9.17, 15) is 9.59 Å². The Morgan fingerprint density at radius 1 is 0.929 bits per heavy atom. The summed E-state index contributed by atoms with van der Waals surface area (Å²) in [7, 11) is 0. The summed E-state index contributed by atoms with van der Waals surface area (Å²) in [5.74, 6) is 0.418. The van der Waals surface area contributed by atoms with E-state index in [-0.39, 0.29) is 18.4 Å². The van der Waals surface area contributed by atoms with Crippen LogP contribution in [0.3, 0.4) is 0 Å². The maximum atomic E-state index is 12.2. The standard InChI is InChI=1S/C23H20N2O3/c26-22-13-8-18-14-20(11-12-21(18)25-22)28-15-23(27)24-19-9-6-17(7-10-19)16-4-2-1-3-5-16/h1-7,9-12,14H,8,13,15H2,(H,24,27)(H,25,26). The number of ether oxygens (including phenoxy) is 1. The number of hydrogen-bond acceptors (Lipinski definition) is 3. The van der Waals surface area contributed by atoms with Gasteiger partial charge in [-0.05, 0) is 53.4 Å². The van der Waals surface area contributed by atoms with Crippen LogP contribution >= 0.6 is 0 Å². The number of carbonyl (C=O) groups excluding carboxylic acids is 2. The molecule has 1 aliphatic rings. The highest BCUT2D eigenvalue weighted by Gasteiger charge is 2.15. The molecule has 140 valence electrons. The van der Waals surface area contributed by atoms with Crippen molar-refractivity contribution in [2.45, 2.75) is 12.8 Å². The number of rotatable bonds is 5. The molecule has 0 bridgehead atoms. The maximum Gasteiger partial charge on any atom is 0.262 e. The van der Waals surface area contributed by atoms with Gasteiger partial charge < -0.3 is 15.4 Å². The first kappa shape index (κ1) is 17.8. The van der Waals surface area contributed by atoms with Crippen molar-refractivity contribution in [3.05, 3.63) is 78.4 Å². The predicted molar refractivity (Wildman–Crippen MR) is 109 cm³/mol. The number of hydrogen-bond donors (Lipinski definition) is 2. The van der Waals surface area contributed by atoms with Gasteiger partial charge in [0.05, 0.1) is 0 Å². The van der Waals surface area contributed by atoms with Crippen molar-refractivity contribution in [3.8, 4) is 16.9 Å². The van der Waals surface area contributed by atoms with Crippen LogP contribution in [0.25, 0.3) is 11.1 Å². The third-order valence-electron chi connectivity index (χ3n) is 4.62. The van der Waals surface area contributed by atoms with Gasteiger partial charge in [0.1, 0.15) is 5.75 Å². The smallest absolute Gasteiger partial charge is 0.262 e. The van der Waals surface area contributed by atoms with Gasteiger partial charge in [0, 0.05) is 17.8 Å². The van der Waals surface area contributed by atoms with Crippen molar-refractivity contribution in [1.29, 1.82) is 0 Å². The van der Waals surface area contributed by atoms with Crippen LogP contribution in [-0.4, -0.2) is 18.4 Å². The van der Waals surface area contributed by atoms with Crippen LogP contribution in [0.15, 0.2) is 72.8 Å². The second-order valence-corrected chi connectivity index (χ2v) is 6.65. The molecule has 0 saturated carbocycles. The molecule has 4 rings (SSSR count). The molecule has 28 heavy (non-hydrogen) atoms. The number of nitrogens with one attached hydrogen (secondary N) is 2.